The van der Waals surface area contributed by atoms with Crippen molar-refractivity contribution in [2.24, 2.45) is 11.3 Å². The van der Waals surface area contributed by atoms with Crippen molar-refractivity contribution < 1.29 is 4.74 Å². The van der Waals surface area contributed by atoms with Crippen LogP contribution in [0.5, 0.6) is 0 Å². The lowest BCUT2D eigenvalue weighted by atomic mass is 9.71. The number of hydrogen-bond acceptors (Lipinski definition) is 2. The van der Waals surface area contributed by atoms with E-state index in [-0.39, 0.29) is 0 Å². The van der Waals surface area contributed by atoms with Crippen LogP contribution in [0.15, 0.2) is 0 Å². The SMILES string of the molecule is CC(C)(C)C12CCCN1C(COCC1CC1)CC2. The van der Waals surface area contributed by atoms with Crippen molar-refractivity contribution in [2.75, 3.05) is 19.8 Å². The molecule has 0 aromatic heterocycles. The van der Waals surface area contributed by atoms with Crippen LogP contribution >= 0.6 is 0 Å². The van der Waals surface area contributed by atoms with Crippen LogP contribution < -0.4 is 0 Å². The number of rotatable bonds is 4. The zero-order valence-electron chi connectivity index (χ0n) is 12.4. The van der Waals surface area contributed by atoms with Gasteiger partial charge in [0, 0.05) is 18.2 Å². The maximum absolute atomic E-state index is 5.97. The Balaban J connectivity index is 1.61. The first kappa shape index (κ1) is 12.9. The van der Waals surface area contributed by atoms with E-state index in [0.717, 1.165) is 19.1 Å². The van der Waals surface area contributed by atoms with Gasteiger partial charge in [-0.2, -0.15) is 0 Å². The Morgan fingerprint density at radius 3 is 2.56 bits per heavy atom. The summed E-state index contributed by atoms with van der Waals surface area (Å²) in [6.07, 6.45) is 8.32. The highest BCUT2D eigenvalue weighted by Gasteiger charge is 2.55. The summed E-state index contributed by atoms with van der Waals surface area (Å²) >= 11 is 0. The molecule has 3 fully saturated rings. The first-order valence-corrected chi connectivity index (χ1v) is 7.87. The molecule has 1 saturated carbocycles. The van der Waals surface area contributed by atoms with E-state index in [1.54, 1.807) is 0 Å². The van der Waals surface area contributed by atoms with E-state index >= 15 is 0 Å². The molecule has 0 aromatic rings. The van der Waals surface area contributed by atoms with Crippen molar-refractivity contribution >= 4 is 0 Å². The molecule has 3 aliphatic rings. The topological polar surface area (TPSA) is 12.5 Å². The summed E-state index contributed by atoms with van der Waals surface area (Å²) < 4.78 is 5.97. The van der Waals surface area contributed by atoms with Gasteiger partial charge in [-0.3, -0.25) is 4.90 Å². The molecule has 1 aliphatic carbocycles. The molecule has 2 saturated heterocycles. The summed E-state index contributed by atoms with van der Waals surface area (Å²) in [5.74, 6) is 0.900. The summed E-state index contributed by atoms with van der Waals surface area (Å²) in [4.78, 5) is 2.81. The van der Waals surface area contributed by atoms with Crippen molar-refractivity contribution in [2.45, 2.75) is 70.9 Å². The molecule has 0 radical (unpaired) electrons. The highest BCUT2D eigenvalue weighted by molar-refractivity contribution is 5.10. The van der Waals surface area contributed by atoms with Gasteiger partial charge in [-0.05, 0) is 56.4 Å². The van der Waals surface area contributed by atoms with E-state index in [1.165, 1.54) is 45.1 Å². The van der Waals surface area contributed by atoms with Crippen molar-refractivity contribution in [3.63, 3.8) is 0 Å². The maximum atomic E-state index is 5.97. The molecular formula is C16H29NO. The molecule has 2 heteroatoms. The lowest BCUT2D eigenvalue weighted by molar-refractivity contribution is 0.00833. The van der Waals surface area contributed by atoms with Crippen LogP contribution in [-0.4, -0.2) is 36.2 Å². The molecule has 2 heterocycles. The predicted octanol–water partition coefficient (Wildman–Crippen LogP) is 3.46. The quantitative estimate of drug-likeness (QED) is 0.759. The van der Waals surface area contributed by atoms with E-state index in [2.05, 4.69) is 25.7 Å². The van der Waals surface area contributed by atoms with Gasteiger partial charge in [-0.1, -0.05) is 20.8 Å². The van der Waals surface area contributed by atoms with Crippen LogP contribution in [0.3, 0.4) is 0 Å². The second-order valence-corrected chi connectivity index (χ2v) is 7.75. The van der Waals surface area contributed by atoms with Gasteiger partial charge in [-0.25, -0.2) is 0 Å². The monoisotopic (exact) mass is 251 g/mol. The van der Waals surface area contributed by atoms with Crippen LogP contribution in [0, 0.1) is 11.3 Å². The summed E-state index contributed by atoms with van der Waals surface area (Å²) in [7, 11) is 0. The summed E-state index contributed by atoms with van der Waals surface area (Å²) in [6, 6.07) is 0.700. The van der Waals surface area contributed by atoms with Crippen molar-refractivity contribution in [3.8, 4) is 0 Å². The standard InChI is InChI=1S/C16H29NO/c1-15(2,3)16-8-4-10-17(16)14(7-9-16)12-18-11-13-5-6-13/h13-14H,4-12H2,1-3H3. The fraction of sp³-hybridized carbons (Fsp3) is 1.00. The molecule has 0 bridgehead atoms. The molecule has 0 aromatic carbocycles. The van der Waals surface area contributed by atoms with Gasteiger partial charge in [0.05, 0.1) is 6.61 Å². The van der Waals surface area contributed by atoms with E-state index in [4.69, 9.17) is 4.74 Å². The number of fused-ring (bicyclic) bond motifs is 1. The Morgan fingerprint density at radius 1 is 1.11 bits per heavy atom. The van der Waals surface area contributed by atoms with Crippen molar-refractivity contribution in [1.29, 1.82) is 0 Å². The zero-order chi connectivity index (χ0) is 12.8. The first-order valence-electron chi connectivity index (χ1n) is 7.87. The maximum Gasteiger partial charge on any atom is 0.0622 e. The minimum absolute atomic E-state index is 0.411. The van der Waals surface area contributed by atoms with Crippen LogP contribution in [0.1, 0.15) is 59.3 Å². The molecular weight excluding hydrogens is 222 g/mol. The third kappa shape index (κ3) is 2.12. The minimum Gasteiger partial charge on any atom is -0.380 e. The molecule has 0 N–H and O–H groups in total. The fourth-order valence-electron chi connectivity index (χ4n) is 4.27. The normalized spacial score (nSPS) is 37.2. The van der Waals surface area contributed by atoms with Gasteiger partial charge in [0.25, 0.3) is 0 Å². The summed E-state index contributed by atoms with van der Waals surface area (Å²) in [5, 5.41) is 0. The van der Waals surface area contributed by atoms with Gasteiger partial charge in [0.2, 0.25) is 0 Å². The Labute approximate surface area is 112 Å². The van der Waals surface area contributed by atoms with E-state index in [1.807, 2.05) is 0 Å². The highest BCUT2D eigenvalue weighted by Crippen LogP contribution is 2.52. The molecule has 0 amide bonds. The predicted molar refractivity (Wildman–Crippen MR) is 74.7 cm³/mol. The second kappa shape index (κ2) is 4.49. The number of hydrogen-bond donors (Lipinski definition) is 0. The highest BCUT2D eigenvalue weighted by atomic mass is 16.5. The minimum atomic E-state index is 0.411. The van der Waals surface area contributed by atoms with Crippen LogP contribution in [-0.2, 0) is 4.74 Å². The van der Waals surface area contributed by atoms with Crippen LogP contribution in [0.2, 0.25) is 0 Å². The third-order valence-electron chi connectivity index (χ3n) is 5.63. The molecule has 2 aliphatic heterocycles. The molecule has 104 valence electrons. The molecule has 18 heavy (non-hydrogen) atoms. The molecule has 2 atom stereocenters. The largest absolute Gasteiger partial charge is 0.380 e. The number of ether oxygens (including phenoxy) is 1. The summed E-state index contributed by atoms with van der Waals surface area (Å²) in [5.41, 5.74) is 0.884. The smallest absolute Gasteiger partial charge is 0.0622 e. The van der Waals surface area contributed by atoms with Crippen molar-refractivity contribution in [1.82, 2.24) is 4.90 Å². The number of nitrogens with zero attached hydrogens (tertiary/aromatic N) is 1. The fourth-order valence-corrected chi connectivity index (χ4v) is 4.27. The molecule has 2 nitrogen and oxygen atoms in total. The molecule has 2 unspecified atom stereocenters. The Hall–Kier alpha value is -0.0800. The van der Waals surface area contributed by atoms with E-state index in [9.17, 15) is 0 Å². The molecule has 0 spiro atoms. The van der Waals surface area contributed by atoms with E-state index in [0.29, 0.717) is 17.0 Å². The lowest BCUT2D eigenvalue weighted by Gasteiger charge is -2.45. The Morgan fingerprint density at radius 2 is 1.89 bits per heavy atom. The van der Waals surface area contributed by atoms with Gasteiger partial charge in [-0.15, -0.1) is 0 Å². The van der Waals surface area contributed by atoms with Crippen molar-refractivity contribution in [3.05, 3.63) is 0 Å². The molecule has 3 rings (SSSR count). The summed E-state index contributed by atoms with van der Waals surface area (Å²) in [6.45, 7) is 10.6. The second-order valence-electron chi connectivity index (χ2n) is 7.75. The van der Waals surface area contributed by atoms with Crippen LogP contribution in [0.25, 0.3) is 0 Å². The lowest BCUT2D eigenvalue weighted by Crippen LogP contribution is -2.52. The Bertz CT molecular complexity index is 305. The van der Waals surface area contributed by atoms with Gasteiger partial charge in [0.1, 0.15) is 0 Å². The van der Waals surface area contributed by atoms with Crippen LogP contribution in [0.4, 0.5) is 0 Å². The van der Waals surface area contributed by atoms with E-state index < -0.39 is 0 Å². The average Bonchev–Trinajstić information content (AvgIpc) is 2.88. The average molecular weight is 251 g/mol. The van der Waals surface area contributed by atoms with Gasteiger partial charge >= 0.3 is 0 Å². The third-order valence-corrected chi connectivity index (χ3v) is 5.63. The van der Waals surface area contributed by atoms with Gasteiger partial charge in [0.15, 0.2) is 0 Å². The zero-order valence-corrected chi connectivity index (χ0v) is 12.4. The first-order chi connectivity index (χ1) is 8.53. The Kier molecular flexibility index (Phi) is 3.22. The van der Waals surface area contributed by atoms with Gasteiger partial charge < -0.3 is 4.74 Å².